The van der Waals surface area contributed by atoms with E-state index in [-0.39, 0.29) is 24.4 Å². The average Bonchev–Trinajstić information content (AvgIpc) is 3.13. The van der Waals surface area contributed by atoms with E-state index in [1.807, 2.05) is 18.4 Å². The lowest BCUT2D eigenvalue weighted by Crippen LogP contribution is -2.38. The Morgan fingerprint density at radius 2 is 2.33 bits per heavy atom. The third-order valence-corrected chi connectivity index (χ3v) is 4.61. The van der Waals surface area contributed by atoms with Crippen LogP contribution < -0.4 is 0 Å². The molecule has 1 aromatic rings. The maximum Gasteiger partial charge on any atom is 0.307 e. The summed E-state index contributed by atoms with van der Waals surface area (Å²) < 4.78 is 10.3. The molecule has 5 nitrogen and oxygen atoms in total. The standard InChI is InChI=1S/C15H21NO4S/c1-11-6-9-21-14(11)15(18)16(7-5-13(17)19-2)10-12-4-3-8-20-12/h6,9,12H,3-5,7-8,10H2,1-2H3. The van der Waals surface area contributed by atoms with Crippen molar-refractivity contribution in [3.63, 3.8) is 0 Å². The minimum atomic E-state index is -0.303. The number of carbonyl (C=O) groups excluding carboxylic acids is 2. The summed E-state index contributed by atoms with van der Waals surface area (Å²) in [6, 6.07) is 1.93. The number of nitrogens with zero attached hydrogens (tertiary/aromatic N) is 1. The van der Waals surface area contributed by atoms with E-state index in [0.717, 1.165) is 29.9 Å². The first kappa shape index (κ1) is 16.0. The van der Waals surface area contributed by atoms with Gasteiger partial charge in [0.2, 0.25) is 0 Å². The molecule has 21 heavy (non-hydrogen) atoms. The molecule has 6 heteroatoms. The van der Waals surface area contributed by atoms with Crippen molar-refractivity contribution >= 4 is 23.2 Å². The molecule has 0 aromatic carbocycles. The Hall–Kier alpha value is -1.40. The molecular formula is C15H21NO4S. The summed E-state index contributed by atoms with van der Waals surface area (Å²) >= 11 is 1.44. The second-order valence-corrected chi connectivity index (χ2v) is 6.06. The van der Waals surface area contributed by atoms with E-state index >= 15 is 0 Å². The van der Waals surface area contributed by atoms with Crippen LogP contribution in [0.3, 0.4) is 0 Å². The quantitative estimate of drug-likeness (QED) is 0.756. The fourth-order valence-electron chi connectivity index (χ4n) is 2.37. The molecule has 1 unspecified atom stereocenters. The molecule has 1 atom stereocenters. The fourth-order valence-corrected chi connectivity index (χ4v) is 3.27. The Morgan fingerprint density at radius 1 is 1.52 bits per heavy atom. The Morgan fingerprint density at radius 3 is 2.90 bits per heavy atom. The summed E-state index contributed by atoms with van der Waals surface area (Å²) in [4.78, 5) is 26.4. The summed E-state index contributed by atoms with van der Waals surface area (Å²) in [5.74, 6) is -0.329. The van der Waals surface area contributed by atoms with E-state index < -0.39 is 0 Å². The van der Waals surface area contributed by atoms with Crippen LogP contribution in [0, 0.1) is 6.92 Å². The Labute approximate surface area is 128 Å². The lowest BCUT2D eigenvalue weighted by Gasteiger charge is -2.25. The van der Waals surface area contributed by atoms with Crippen molar-refractivity contribution in [2.75, 3.05) is 26.8 Å². The largest absolute Gasteiger partial charge is 0.469 e. The van der Waals surface area contributed by atoms with Gasteiger partial charge in [-0.15, -0.1) is 11.3 Å². The SMILES string of the molecule is COC(=O)CCN(CC1CCCO1)C(=O)c1sccc1C. The number of aryl methyl sites for hydroxylation is 1. The molecule has 1 amide bonds. The molecule has 0 N–H and O–H groups in total. The number of thiophene rings is 1. The van der Waals surface area contributed by atoms with E-state index in [4.69, 9.17) is 4.74 Å². The van der Waals surface area contributed by atoms with Gasteiger partial charge in [-0.1, -0.05) is 0 Å². The summed E-state index contributed by atoms with van der Waals surface area (Å²) in [5, 5.41) is 1.91. The summed E-state index contributed by atoms with van der Waals surface area (Å²) in [6.07, 6.45) is 2.28. The third kappa shape index (κ3) is 4.28. The molecule has 2 rings (SSSR count). The number of esters is 1. The van der Waals surface area contributed by atoms with Gasteiger partial charge in [0.05, 0.1) is 24.5 Å². The smallest absolute Gasteiger partial charge is 0.307 e. The van der Waals surface area contributed by atoms with Crippen molar-refractivity contribution in [2.24, 2.45) is 0 Å². The van der Waals surface area contributed by atoms with Crippen LogP contribution in [0.15, 0.2) is 11.4 Å². The van der Waals surface area contributed by atoms with Gasteiger partial charge in [0, 0.05) is 19.7 Å². The zero-order chi connectivity index (χ0) is 15.2. The molecule has 2 heterocycles. The summed E-state index contributed by atoms with van der Waals surface area (Å²) in [5.41, 5.74) is 0.973. The van der Waals surface area contributed by atoms with Crippen molar-refractivity contribution in [2.45, 2.75) is 32.3 Å². The minimum Gasteiger partial charge on any atom is -0.469 e. The Balaban J connectivity index is 2.04. The molecule has 1 aromatic heterocycles. The first-order chi connectivity index (χ1) is 10.1. The second kappa shape index (κ2) is 7.56. The van der Waals surface area contributed by atoms with Crippen molar-refractivity contribution in [3.8, 4) is 0 Å². The van der Waals surface area contributed by atoms with Crippen LogP contribution in [0.5, 0.6) is 0 Å². The van der Waals surface area contributed by atoms with E-state index in [0.29, 0.717) is 13.1 Å². The number of hydrogen-bond donors (Lipinski definition) is 0. The van der Waals surface area contributed by atoms with E-state index in [1.54, 1.807) is 4.90 Å². The molecule has 1 fully saturated rings. The predicted octanol–water partition coefficient (Wildman–Crippen LogP) is 2.24. The number of methoxy groups -OCH3 is 1. The normalized spacial score (nSPS) is 17.7. The van der Waals surface area contributed by atoms with Crippen LogP contribution in [-0.4, -0.2) is 49.7 Å². The monoisotopic (exact) mass is 311 g/mol. The van der Waals surface area contributed by atoms with Gasteiger partial charge in [-0.25, -0.2) is 0 Å². The van der Waals surface area contributed by atoms with Gasteiger partial charge in [-0.2, -0.15) is 0 Å². The van der Waals surface area contributed by atoms with Crippen molar-refractivity contribution < 1.29 is 19.1 Å². The Bertz CT molecular complexity index is 494. The maximum absolute atomic E-state index is 12.6. The van der Waals surface area contributed by atoms with Crippen LogP contribution in [0.1, 0.15) is 34.5 Å². The van der Waals surface area contributed by atoms with Gasteiger partial charge < -0.3 is 14.4 Å². The zero-order valence-corrected chi connectivity index (χ0v) is 13.3. The number of rotatable bonds is 6. The highest BCUT2D eigenvalue weighted by Crippen LogP contribution is 2.20. The molecular weight excluding hydrogens is 290 g/mol. The van der Waals surface area contributed by atoms with E-state index in [1.165, 1.54) is 18.4 Å². The van der Waals surface area contributed by atoms with Gasteiger partial charge in [0.25, 0.3) is 5.91 Å². The highest BCUT2D eigenvalue weighted by atomic mass is 32.1. The molecule has 1 saturated heterocycles. The van der Waals surface area contributed by atoms with Gasteiger partial charge in [0.15, 0.2) is 0 Å². The van der Waals surface area contributed by atoms with Gasteiger partial charge in [-0.3, -0.25) is 9.59 Å². The summed E-state index contributed by atoms with van der Waals surface area (Å²) in [6.45, 7) is 3.58. The fraction of sp³-hybridized carbons (Fsp3) is 0.600. The van der Waals surface area contributed by atoms with E-state index in [9.17, 15) is 9.59 Å². The van der Waals surface area contributed by atoms with Crippen LogP contribution in [0.4, 0.5) is 0 Å². The molecule has 0 radical (unpaired) electrons. The number of hydrogen-bond acceptors (Lipinski definition) is 5. The predicted molar refractivity (Wildman–Crippen MR) is 80.6 cm³/mol. The second-order valence-electron chi connectivity index (χ2n) is 5.15. The zero-order valence-electron chi connectivity index (χ0n) is 12.5. The van der Waals surface area contributed by atoms with Crippen molar-refractivity contribution in [1.82, 2.24) is 4.90 Å². The Kier molecular flexibility index (Phi) is 5.76. The molecule has 0 spiro atoms. The maximum atomic E-state index is 12.6. The topological polar surface area (TPSA) is 55.8 Å². The van der Waals surface area contributed by atoms with Gasteiger partial charge in [0.1, 0.15) is 0 Å². The number of carbonyl (C=O) groups is 2. The first-order valence-electron chi connectivity index (χ1n) is 7.13. The van der Waals surface area contributed by atoms with Crippen LogP contribution in [0.2, 0.25) is 0 Å². The van der Waals surface area contributed by atoms with Crippen molar-refractivity contribution in [1.29, 1.82) is 0 Å². The molecule has 0 aliphatic carbocycles. The van der Waals surface area contributed by atoms with Crippen LogP contribution in [-0.2, 0) is 14.3 Å². The molecule has 0 bridgehead atoms. The highest BCUT2D eigenvalue weighted by Gasteiger charge is 2.25. The molecule has 1 aliphatic rings. The van der Waals surface area contributed by atoms with Gasteiger partial charge >= 0.3 is 5.97 Å². The summed E-state index contributed by atoms with van der Waals surface area (Å²) in [7, 11) is 1.36. The number of ether oxygens (including phenoxy) is 2. The van der Waals surface area contributed by atoms with Crippen LogP contribution in [0.25, 0.3) is 0 Å². The first-order valence-corrected chi connectivity index (χ1v) is 8.01. The lowest BCUT2D eigenvalue weighted by molar-refractivity contribution is -0.140. The minimum absolute atomic E-state index is 0.0260. The molecule has 116 valence electrons. The molecule has 1 aliphatic heterocycles. The van der Waals surface area contributed by atoms with E-state index in [2.05, 4.69) is 4.74 Å². The van der Waals surface area contributed by atoms with Gasteiger partial charge in [-0.05, 0) is 36.8 Å². The van der Waals surface area contributed by atoms with Crippen molar-refractivity contribution in [3.05, 3.63) is 21.9 Å². The molecule has 0 saturated carbocycles. The van der Waals surface area contributed by atoms with Crippen LogP contribution >= 0.6 is 11.3 Å². The lowest BCUT2D eigenvalue weighted by atomic mass is 10.2. The highest BCUT2D eigenvalue weighted by molar-refractivity contribution is 7.12. The third-order valence-electron chi connectivity index (χ3n) is 3.61. The number of amides is 1. The average molecular weight is 311 g/mol.